The molecule has 1 heterocycles. The SMILES string of the molecule is CCC(CC)C(C)NC(=O)C1(C(N)=NO)CCOCC1. The van der Waals surface area contributed by atoms with Gasteiger partial charge in [-0.2, -0.15) is 0 Å². The normalized spacial score (nSPS) is 20.7. The summed E-state index contributed by atoms with van der Waals surface area (Å²) in [4.78, 5) is 12.6. The number of nitrogens with one attached hydrogen (secondary N) is 1. The van der Waals surface area contributed by atoms with Gasteiger partial charge in [0, 0.05) is 19.3 Å². The highest BCUT2D eigenvalue weighted by molar-refractivity contribution is 6.06. The number of oxime groups is 1. The second-order valence-electron chi connectivity index (χ2n) is 5.52. The molecule has 116 valence electrons. The monoisotopic (exact) mass is 285 g/mol. The fraction of sp³-hybridized carbons (Fsp3) is 0.857. The van der Waals surface area contributed by atoms with Crippen LogP contribution in [0.1, 0.15) is 46.5 Å². The number of rotatable bonds is 6. The minimum Gasteiger partial charge on any atom is -0.409 e. The van der Waals surface area contributed by atoms with Crippen LogP contribution >= 0.6 is 0 Å². The highest BCUT2D eigenvalue weighted by Gasteiger charge is 2.45. The van der Waals surface area contributed by atoms with Crippen LogP contribution < -0.4 is 11.1 Å². The van der Waals surface area contributed by atoms with E-state index >= 15 is 0 Å². The highest BCUT2D eigenvalue weighted by atomic mass is 16.5. The Morgan fingerprint density at radius 1 is 1.40 bits per heavy atom. The van der Waals surface area contributed by atoms with E-state index in [1.54, 1.807) is 0 Å². The molecule has 0 saturated carbocycles. The van der Waals surface area contributed by atoms with Gasteiger partial charge in [0.25, 0.3) is 0 Å². The van der Waals surface area contributed by atoms with Crippen molar-refractivity contribution in [1.29, 1.82) is 0 Å². The topological polar surface area (TPSA) is 96.9 Å². The van der Waals surface area contributed by atoms with Gasteiger partial charge in [0.15, 0.2) is 5.84 Å². The standard InChI is InChI=1S/C14H27N3O3/c1-4-11(5-2)10(3)16-13(18)14(12(15)17-19)6-8-20-9-7-14/h10-11,19H,4-9H2,1-3H3,(H2,15,17)(H,16,18). The van der Waals surface area contributed by atoms with Crippen molar-refractivity contribution in [3.8, 4) is 0 Å². The van der Waals surface area contributed by atoms with Crippen molar-refractivity contribution in [3.05, 3.63) is 0 Å². The molecule has 1 fully saturated rings. The van der Waals surface area contributed by atoms with Crippen molar-refractivity contribution in [2.75, 3.05) is 13.2 Å². The molecule has 0 aromatic carbocycles. The van der Waals surface area contributed by atoms with Crippen LogP contribution in [0.4, 0.5) is 0 Å². The molecular formula is C14H27N3O3. The Hall–Kier alpha value is -1.30. The number of hydrogen-bond donors (Lipinski definition) is 3. The van der Waals surface area contributed by atoms with Crippen LogP contribution in [0, 0.1) is 11.3 Å². The van der Waals surface area contributed by atoms with E-state index in [2.05, 4.69) is 24.3 Å². The molecule has 0 radical (unpaired) electrons. The third-order valence-corrected chi connectivity index (χ3v) is 4.49. The Morgan fingerprint density at radius 3 is 2.40 bits per heavy atom. The van der Waals surface area contributed by atoms with Crippen molar-refractivity contribution in [2.45, 2.75) is 52.5 Å². The van der Waals surface area contributed by atoms with Crippen LogP contribution in [0.15, 0.2) is 5.16 Å². The quantitative estimate of drug-likeness (QED) is 0.298. The maximum atomic E-state index is 12.6. The average molecular weight is 285 g/mol. The number of nitrogens with two attached hydrogens (primary N) is 1. The summed E-state index contributed by atoms with van der Waals surface area (Å²) >= 11 is 0. The van der Waals surface area contributed by atoms with E-state index in [0.717, 1.165) is 12.8 Å². The van der Waals surface area contributed by atoms with Crippen LogP contribution in [0.25, 0.3) is 0 Å². The lowest BCUT2D eigenvalue weighted by atomic mass is 9.77. The summed E-state index contributed by atoms with van der Waals surface area (Å²) in [5.41, 5.74) is 4.85. The molecule has 6 heteroatoms. The number of amides is 1. The molecule has 1 amide bonds. The molecule has 0 spiro atoms. The third kappa shape index (κ3) is 3.42. The molecule has 1 aliphatic rings. The molecule has 0 bridgehead atoms. The Bertz CT molecular complexity index is 348. The van der Waals surface area contributed by atoms with Crippen molar-refractivity contribution in [2.24, 2.45) is 22.2 Å². The molecule has 0 aromatic rings. The largest absolute Gasteiger partial charge is 0.409 e. The fourth-order valence-corrected chi connectivity index (χ4v) is 2.87. The van der Waals surface area contributed by atoms with Crippen molar-refractivity contribution >= 4 is 11.7 Å². The number of amidine groups is 1. The molecule has 0 aliphatic carbocycles. The number of carbonyl (C=O) groups is 1. The number of carbonyl (C=O) groups excluding carboxylic acids is 1. The number of nitrogens with zero attached hydrogens (tertiary/aromatic N) is 1. The Morgan fingerprint density at radius 2 is 1.95 bits per heavy atom. The lowest BCUT2D eigenvalue weighted by Gasteiger charge is -2.36. The van der Waals surface area contributed by atoms with Gasteiger partial charge in [-0.05, 0) is 25.7 Å². The van der Waals surface area contributed by atoms with Gasteiger partial charge >= 0.3 is 0 Å². The van der Waals surface area contributed by atoms with E-state index in [0.29, 0.717) is 32.0 Å². The summed E-state index contributed by atoms with van der Waals surface area (Å²) in [7, 11) is 0. The van der Waals surface area contributed by atoms with E-state index in [1.165, 1.54) is 0 Å². The second-order valence-corrected chi connectivity index (χ2v) is 5.52. The first-order chi connectivity index (χ1) is 9.51. The molecule has 0 aromatic heterocycles. The van der Waals surface area contributed by atoms with Gasteiger partial charge in [-0.25, -0.2) is 0 Å². The first-order valence-electron chi connectivity index (χ1n) is 7.38. The first-order valence-corrected chi connectivity index (χ1v) is 7.38. The summed E-state index contributed by atoms with van der Waals surface area (Å²) in [6, 6.07) is 0.0729. The molecule has 6 nitrogen and oxygen atoms in total. The van der Waals surface area contributed by atoms with Gasteiger partial charge in [-0.3, -0.25) is 4.79 Å². The van der Waals surface area contributed by atoms with Gasteiger partial charge in [0.1, 0.15) is 5.41 Å². The van der Waals surface area contributed by atoms with Crippen molar-refractivity contribution in [3.63, 3.8) is 0 Å². The number of hydrogen-bond acceptors (Lipinski definition) is 4. The summed E-state index contributed by atoms with van der Waals surface area (Å²) in [5, 5.41) is 15.1. The fourth-order valence-electron chi connectivity index (χ4n) is 2.87. The summed E-state index contributed by atoms with van der Waals surface area (Å²) in [6.07, 6.45) is 2.92. The smallest absolute Gasteiger partial charge is 0.234 e. The zero-order chi connectivity index (χ0) is 15.2. The van der Waals surface area contributed by atoms with E-state index in [1.807, 2.05) is 6.92 Å². The Balaban J connectivity index is 2.84. The summed E-state index contributed by atoms with van der Waals surface area (Å²) in [6.45, 7) is 7.13. The van der Waals surface area contributed by atoms with E-state index in [9.17, 15) is 4.79 Å². The zero-order valence-electron chi connectivity index (χ0n) is 12.7. The van der Waals surface area contributed by atoms with E-state index in [-0.39, 0.29) is 17.8 Å². The minimum atomic E-state index is -0.937. The highest BCUT2D eigenvalue weighted by Crippen LogP contribution is 2.31. The van der Waals surface area contributed by atoms with E-state index in [4.69, 9.17) is 15.7 Å². The molecule has 1 aliphatic heterocycles. The molecule has 20 heavy (non-hydrogen) atoms. The maximum absolute atomic E-state index is 12.6. The van der Waals surface area contributed by atoms with Gasteiger partial charge < -0.3 is 21.0 Å². The lowest BCUT2D eigenvalue weighted by Crippen LogP contribution is -2.55. The molecule has 1 rings (SSSR count). The molecule has 1 saturated heterocycles. The Labute approximate surface area is 120 Å². The van der Waals surface area contributed by atoms with Crippen molar-refractivity contribution < 1.29 is 14.7 Å². The van der Waals surface area contributed by atoms with Crippen LogP contribution in [-0.4, -0.2) is 36.2 Å². The molecular weight excluding hydrogens is 258 g/mol. The molecule has 1 atom stereocenters. The van der Waals surface area contributed by atoms with Gasteiger partial charge in [-0.1, -0.05) is 31.8 Å². The van der Waals surface area contributed by atoms with Gasteiger partial charge in [0.05, 0.1) is 0 Å². The van der Waals surface area contributed by atoms with Crippen LogP contribution in [-0.2, 0) is 9.53 Å². The predicted molar refractivity (Wildman–Crippen MR) is 77.6 cm³/mol. The molecule has 4 N–H and O–H groups in total. The summed E-state index contributed by atoms with van der Waals surface area (Å²) < 4.78 is 5.29. The lowest BCUT2D eigenvalue weighted by molar-refractivity contribution is -0.132. The number of ether oxygens (including phenoxy) is 1. The van der Waals surface area contributed by atoms with Crippen LogP contribution in [0.3, 0.4) is 0 Å². The van der Waals surface area contributed by atoms with Gasteiger partial charge in [0.2, 0.25) is 5.91 Å². The predicted octanol–water partition coefficient (Wildman–Crippen LogP) is 1.47. The minimum absolute atomic E-state index is 0.0185. The van der Waals surface area contributed by atoms with E-state index < -0.39 is 5.41 Å². The second kappa shape index (κ2) is 7.47. The van der Waals surface area contributed by atoms with Crippen LogP contribution in [0.5, 0.6) is 0 Å². The summed E-state index contributed by atoms with van der Waals surface area (Å²) in [5.74, 6) is 0.258. The zero-order valence-corrected chi connectivity index (χ0v) is 12.7. The average Bonchev–Trinajstić information content (AvgIpc) is 2.48. The first kappa shape index (κ1) is 16.8. The third-order valence-electron chi connectivity index (χ3n) is 4.49. The molecule has 1 unspecified atom stereocenters. The maximum Gasteiger partial charge on any atom is 0.234 e. The van der Waals surface area contributed by atoms with Gasteiger partial charge in [-0.15, -0.1) is 0 Å². The van der Waals surface area contributed by atoms with Crippen LogP contribution in [0.2, 0.25) is 0 Å². The van der Waals surface area contributed by atoms with Crippen molar-refractivity contribution in [1.82, 2.24) is 5.32 Å². The Kier molecular flexibility index (Phi) is 6.26.